The van der Waals surface area contributed by atoms with E-state index in [4.69, 9.17) is 4.98 Å². The van der Waals surface area contributed by atoms with Crippen molar-refractivity contribution in [2.24, 2.45) is 7.05 Å². The first-order valence-corrected chi connectivity index (χ1v) is 9.27. The third-order valence-electron chi connectivity index (χ3n) is 5.34. The van der Waals surface area contributed by atoms with Crippen LogP contribution < -0.4 is 4.90 Å². The molecule has 0 amide bonds. The van der Waals surface area contributed by atoms with Gasteiger partial charge in [0, 0.05) is 37.8 Å². The number of aromatic nitrogens is 6. The van der Waals surface area contributed by atoms with Crippen molar-refractivity contribution in [3.63, 3.8) is 0 Å². The number of halogens is 1. The number of benzene rings is 1. The monoisotopic (exact) mass is 395 g/mol. The van der Waals surface area contributed by atoms with E-state index in [0.717, 1.165) is 48.6 Å². The molecule has 1 aromatic carbocycles. The maximum atomic E-state index is 4.94. The number of hydrogen-bond donors (Lipinski definition) is 1. The topological polar surface area (TPSA) is 75.5 Å². The van der Waals surface area contributed by atoms with E-state index in [9.17, 15) is 0 Å². The van der Waals surface area contributed by atoms with Gasteiger partial charge in [-0.3, -0.25) is 0 Å². The Morgan fingerprint density at radius 1 is 1.04 bits per heavy atom. The highest BCUT2D eigenvalue weighted by Crippen LogP contribution is 2.32. The summed E-state index contributed by atoms with van der Waals surface area (Å²) in [5, 5.41) is 0. The number of aryl methyl sites for hydroxylation is 1. The van der Waals surface area contributed by atoms with Gasteiger partial charge in [0.25, 0.3) is 0 Å². The molecule has 0 aliphatic carbocycles. The van der Waals surface area contributed by atoms with Crippen molar-refractivity contribution in [3.05, 3.63) is 55.0 Å². The molecule has 4 heterocycles. The van der Waals surface area contributed by atoms with Gasteiger partial charge in [-0.05, 0) is 12.8 Å². The van der Waals surface area contributed by atoms with E-state index in [-0.39, 0.29) is 12.4 Å². The molecule has 144 valence electrons. The van der Waals surface area contributed by atoms with Gasteiger partial charge in [-0.2, -0.15) is 0 Å². The van der Waals surface area contributed by atoms with Gasteiger partial charge in [0.05, 0.1) is 12.0 Å². The summed E-state index contributed by atoms with van der Waals surface area (Å²) in [4.78, 5) is 23.4. The van der Waals surface area contributed by atoms with E-state index < -0.39 is 0 Å². The fraction of sp³-hybridized carbons (Fsp3) is 0.300. The summed E-state index contributed by atoms with van der Waals surface area (Å²) < 4.78 is 2.18. The molecule has 3 aromatic heterocycles. The first-order valence-electron chi connectivity index (χ1n) is 9.27. The molecular weight excluding hydrogens is 374 g/mol. The SMILES string of the molecule is Cl.Cn1cc(-c2ccccc2)nc1C1CCN(c2ncnc3[nH]cnc23)CC1. The Balaban J connectivity index is 0.00000192. The van der Waals surface area contributed by atoms with Crippen LogP contribution in [0.3, 0.4) is 0 Å². The largest absolute Gasteiger partial charge is 0.355 e. The van der Waals surface area contributed by atoms with Crippen LogP contribution in [-0.2, 0) is 7.05 Å². The second kappa shape index (κ2) is 7.59. The fourth-order valence-corrected chi connectivity index (χ4v) is 3.94. The zero-order valence-electron chi connectivity index (χ0n) is 15.6. The molecule has 0 atom stereocenters. The number of H-pyrrole nitrogens is 1. The third kappa shape index (κ3) is 3.22. The van der Waals surface area contributed by atoms with Crippen molar-refractivity contribution in [2.45, 2.75) is 18.8 Å². The first kappa shape index (κ1) is 18.4. The average Bonchev–Trinajstić information content (AvgIpc) is 3.35. The van der Waals surface area contributed by atoms with E-state index in [1.807, 2.05) is 6.07 Å². The second-order valence-corrected chi connectivity index (χ2v) is 7.02. The highest BCUT2D eigenvalue weighted by Gasteiger charge is 2.26. The zero-order valence-corrected chi connectivity index (χ0v) is 16.4. The van der Waals surface area contributed by atoms with Gasteiger partial charge in [-0.15, -0.1) is 12.4 Å². The van der Waals surface area contributed by atoms with Crippen LogP contribution in [0.5, 0.6) is 0 Å². The summed E-state index contributed by atoms with van der Waals surface area (Å²) in [5.74, 6) is 2.55. The number of nitrogens with one attached hydrogen (secondary N) is 1. The normalized spacial score (nSPS) is 15.0. The minimum atomic E-state index is 0. The lowest BCUT2D eigenvalue weighted by atomic mass is 9.96. The van der Waals surface area contributed by atoms with Crippen LogP contribution in [0.2, 0.25) is 0 Å². The molecule has 8 heteroatoms. The lowest BCUT2D eigenvalue weighted by Crippen LogP contribution is -2.34. The predicted molar refractivity (Wildman–Crippen MR) is 112 cm³/mol. The van der Waals surface area contributed by atoms with Crippen LogP contribution in [0, 0.1) is 0 Å². The molecule has 0 radical (unpaired) electrons. The van der Waals surface area contributed by atoms with Crippen molar-refractivity contribution in [1.29, 1.82) is 0 Å². The number of anilines is 1. The van der Waals surface area contributed by atoms with Crippen molar-refractivity contribution in [1.82, 2.24) is 29.5 Å². The standard InChI is InChI=1S/C20H21N7.ClH/c1-26-11-16(14-5-3-2-4-6-14)25-19(26)15-7-9-27(10-8-15)20-17-18(22-12-21-17)23-13-24-20;/h2-6,11-13,15H,7-10H2,1H3,(H,21,22,23,24);1H. The summed E-state index contributed by atoms with van der Waals surface area (Å²) in [6.07, 6.45) is 7.51. The number of aromatic amines is 1. The van der Waals surface area contributed by atoms with E-state index >= 15 is 0 Å². The van der Waals surface area contributed by atoms with Gasteiger partial charge in [-0.25, -0.2) is 19.9 Å². The van der Waals surface area contributed by atoms with E-state index in [1.165, 1.54) is 11.4 Å². The van der Waals surface area contributed by atoms with Crippen molar-refractivity contribution in [3.8, 4) is 11.3 Å². The Morgan fingerprint density at radius 2 is 1.82 bits per heavy atom. The number of rotatable bonds is 3. The zero-order chi connectivity index (χ0) is 18.2. The Kier molecular flexibility index (Phi) is 5.00. The molecule has 0 spiro atoms. The summed E-state index contributed by atoms with van der Waals surface area (Å²) in [7, 11) is 2.10. The molecule has 1 aliphatic rings. The number of nitrogens with zero attached hydrogens (tertiary/aromatic N) is 6. The molecule has 1 fully saturated rings. The predicted octanol–water partition coefficient (Wildman–Crippen LogP) is 3.56. The number of fused-ring (bicyclic) bond motifs is 1. The fourth-order valence-electron chi connectivity index (χ4n) is 3.94. The molecule has 28 heavy (non-hydrogen) atoms. The molecule has 0 unspecified atom stereocenters. The van der Waals surface area contributed by atoms with Crippen molar-refractivity contribution < 1.29 is 0 Å². The average molecular weight is 396 g/mol. The van der Waals surface area contributed by atoms with Crippen LogP contribution in [0.25, 0.3) is 22.4 Å². The van der Waals surface area contributed by atoms with Gasteiger partial charge in [0.1, 0.15) is 17.7 Å². The minimum Gasteiger partial charge on any atom is -0.355 e. The molecule has 0 bridgehead atoms. The summed E-state index contributed by atoms with van der Waals surface area (Å²) in [5.41, 5.74) is 3.85. The quantitative estimate of drug-likeness (QED) is 0.574. The maximum absolute atomic E-state index is 4.94. The lowest BCUT2D eigenvalue weighted by molar-refractivity contribution is 0.474. The van der Waals surface area contributed by atoms with Gasteiger partial charge in [-0.1, -0.05) is 30.3 Å². The molecule has 0 saturated carbocycles. The van der Waals surface area contributed by atoms with E-state index in [2.05, 4.69) is 66.9 Å². The van der Waals surface area contributed by atoms with Crippen LogP contribution >= 0.6 is 12.4 Å². The molecule has 4 aromatic rings. The summed E-state index contributed by atoms with van der Waals surface area (Å²) in [6.45, 7) is 1.88. The highest BCUT2D eigenvalue weighted by molar-refractivity contribution is 5.85. The third-order valence-corrected chi connectivity index (χ3v) is 5.34. The smallest absolute Gasteiger partial charge is 0.162 e. The lowest BCUT2D eigenvalue weighted by Gasteiger charge is -2.32. The molecule has 1 saturated heterocycles. The Morgan fingerprint density at radius 3 is 2.61 bits per heavy atom. The van der Waals surface area contributed by atoms with Crippen LogP contribution in [0.4, 0.5) is 5.82 Å². The number of piperidine rings is 1. The van der Waals surface area contributed by atoms with Gasteiger partial charge >= 0.3 is 0 Å². The first-order chi connectivity index (χ1) is 13.3. The van der Waals surface area contributed by atoms with Crippen LogP contribution in [-0.4, -0.2) is 42.6 Å². The number of imidazole rings is 2. The Hall–Kier alpha value is -2.93. The van der Waals surface area contributed by atoms with Crippen LogP contribution in [0.1, 0.15) is 24.6 Å². The molecule has 1 aliphatic heterocycles. The minimum absolute atomic E-state index is 0. The van der Waals surface area contributed by atoms with Crippen LogP contribution in [0.15, 0.2) is 49.2 Å². The summed E-state index contributed by atoms with van der Waals surface area (Å²) in [6, 6.07) is 10.4. The Bertz CT molecular complexity index is 1060. The van der Waals surface area contributed by atoms with Crippen molar-refractivity contribution in [2.75, 3.05) is 18.0 Å². The molecule has 7 nitrogen and oxygen atoms in total. The van der Waals surface area contributed by atoms with E-state index in [0.29, 0.717) is 5.92 Å². The Labute approximate surface area is 169 Å². The van der Waals surface area contributed by atoms with Gasteiger partial charge in [0.15, 0.2) is 11.5 Å². The molecule has 5 rings (SSSR count). The number of hydrogen-bond acceptors (Lipinski definition) is 5. The van der Waals surface area contributed by atoms with Gasteiger partial charge < -0.3 is 14.5 Å². The van der Waals surface area contributed by atoms with Gasteiger partial charge in [0.2, 0.25) is 0 Å². The maximum Gasteiger partial charge on any atom is 0.162 e. The summed E-state index contributed by atoms with van der Waals surface area (Å²) >= 11 is 0. The second-order valence-electron chi connectivity index (χ2n) is 7.02. The highest BCUT2D eigenvalue weighted by atomic mass is 35.5. The molecular formula is C20H22ClN7. The van der Waals surface area contributed by atoms with E-state index in [1.54, 1.807) is 12.7 Å². The van der Waals surface area contributed by atoms with Crippen molar-refractivity contribution >= 4 is 29.4 Å². The molecule has 1 N–H and O–H groups in total.